The lowest BCUT2D eigenvalue weighted by Gasteiger charge is -2.23. The van der Waals surface area contributed by atoms with Gasteiger partial charge in [-0.25, -0.2) is 4.98 Å². The highest BCUT2D eigenvalue weighted by Crippen LogP contribution is 2.25. The van der Waals surface area contributed by atoms with E-state index in [0.29, 0.717) is 43.2 Å². The van der Waals surface area contributed by atoms with Crippen molar-refractivity contribution in [2.75, 3.05) is 41.0 Å². The second-order valence-corrected chi connectivity index (χ2v) is 8.34. The Hall–Kier alpha value is -3.36. The summed E-state index contributed by atoms with van der Waals surface area (Å²) in [5, 5.41) is 2.10. The summed E-state index contributed by atoms with van der Waals surface area (Å²) in [4.78, 5) is 20.8. The van der Waals surface area contributed by atoms with Crippen LogP contribution in [0.5, 0.6) is 11.5 Å². The molecule has 0 spiro atoms. The van der Waals surface area contributed by atoms with Crippen molar-refractivity contribution in [2.24, 2.45) is 0 Å². The molecule has 4 rings (SSSR count). The molecular formula is C25H27N3O4S. The maximum Gasteiger partial charge on any atom is 0.254 e. The predicted molar refractivity (Wildman–Crippen MR) is 130 cm³/mol. The number of thiazole rings is 1. The molecule has 8 heteroatoms. The molecule has 0 aliphatic heterocycles. The van der Waals surface area contributed by atoms with Crippen LogP contribution < -0.4 is 9.47 Å². The number of benzene rings is 2. The Morgan fingerprint density at radius 3 is 2.42 bits per heavy atom. The third kappa shape index (κ3) is 5.18. The number of nitrogens with zero attached hydrogens (tertiary/aromatic N) is 3. The standard InChI is InChI=1S/C25H27N3O4S/c1-30-12-11-27(24(29)19-13-21(31-2)15-22(14-19)32-3)10-9-20-17-33-25-26-23(16-28(20)25)18-7-5-4-6-8-18/h4-8,13-17H,9-12H2,1-3H3. The van der Waals surface area contributed by atoms with Crippen molar-refractivity contribution in [2.45, 2.75) is 6.42 Å². The average Bonchev–Trinajstić information content (AvgIpc) is 3.45. The van der Waals surface area contributed by atoms with Gasteiger partial charge in [0.15, 0.2) is 4.96 Å². The van der Waals surface area contributed by atoms with Crippen molar-refractivity contribution in [1.29, 1.82) is 0 Å². The van der Waals surface area contributed by atoms with Crippen molar-refractivity contribution in [3.05, 3.63) is 71.4 Å². The summed E-state index contributed by atoms with van der Waals surface area (Å²) in [7, 11) is 4.78. The molecule has 0 saturated carbocycles. The smallest absolute Gasteiger partial charge is 0.254 e. The number of amides is 1. The number of carbonyl (C=O) groups is 1. The van der Waals surface area contributed by atoms with Crippen molar-refractivity contribution in [3.8, 4) is 22.8 Å². The van der Waals surface area contributed by atoms with Crippen LogP contribution in [0.25, 0.3) is 16.2 Å². The Balaban J connectivity index is 1.54. The molecule has 0 bridgehead atoms. The zero-order valence-electron chi connectivity index (χ0n) is 19.0. The molecule has 0 aliphatic carbocycles. The summed E-state index contributed by atoms with van der Waals surface area (Å²) >= 11 is 1.60. The minimum Gasteiger partial charge on any atom is -0.497 e. The number of methoxy groups -OCH3 is 3. The Kier molecular flexibility index (Phi) is 7.26. The molecule has 0 unspecified atom stereocenters. The van der Waals surface area contributed by atoms with Crippen molar-refractivity contribution >= 4 is 22.2 Å². The topological polar surface area (TPSA) is 65.3 Å². The summed E-state index contributed by atoms with van der Waals surface area (Å²) in [5.74, 6) is 1.07. The second kappa shape index (κ2) is 10.5. The molecule has 0 atom stereocenters. The van der Waals surface area contributed by atoms with Gasteiger partial charge in [-0.2, -0.15) is 0 Å². The number of aromatic nitrogens is 2. The molecule has 1 amide bonds. The van der Waals surface area contributed by atoms with E-state index in [1.54, 1.807) is 55.8 Å². The van der Waals surface area contributed by atoms with Crippen molar-refractivity contribution in [1.82, 2.24) is 14.3 Å². The highest BCUT2D eigenvalue weighted by molar-refractivity contribution is 7.15. The quantitative estimate of drug-likeness (QED) is 0.347. The van der Waals surface area contributed by atoms with Gasteiger partial charge in [-0.15, -0.1) is 11.3 Å². The van der Waals surface area contributed by atoms with Gasteiger partial charge in [-0.3, -0.25) is 9.20 Å². The molecule has 2 aromatic heterocycles. The molecule has 172 valence electrons. The van der Waals surface area contributed by atoms with Gasteiger partial charge >= 0.3 is 0 Å². The van der Waals surface area contributed by atoms with E-state index in [-0.39, 0.29) is 5.91 Å². The molecule has 0 N–H and O–H groups in total. The Morgan fingerprint density at radius 1 is 1.03 bits per heavy atom. The van der Waals surface area contributed by atoms with Crippen LogP contribution in [0, 0.1) is 0 Å². The fourth-order valence-electron chi connectivity index (χ4n) is 3.64. The van der Waals surface area contributed by atoms with Gasteiger partial charge in [0.05, 0.1) is 26.5 Å². The molecule has 0 saturated heterocycles. The van der Waals surface area contributed by atoms with Gasteiger partial charge in [0.2, 0.25) is 0 Å². The molecule has 0 fully saturated rings. The number of imidazole rings is 1. The average molecular weight is 466 g/mol. The van der Waals surface area contributed by atoms with E-state index in [0.717, 1.165) is 21.9 Å². The summed E-state index contributed by atoms with van der Waals surface area (Å²) < 4.78 is 18.0. The van der Waals surface area contributed by atoms with Crippen LogP contribution in [-0.4, -0.2) is 61.2 Å². The van der Waals surface area contributed by atoms with Crippen LogP contribution in [-0.2, 0) is 11.2 Å². The Morgan fingerprint density at radius 2 is 1.76 bits per heavy atom. The van der Waals surface area contributed by atoms with Gasteiger partial charge in [0, 0.05) is 61.1 Å². The van der Waals surface area contributed by atoms with E-state index in [1.165, 1.54) is 0 Å². The summed E-state index contributed by atoms with van der Waals surface area (Å²) in [6, 6.07) is 15.3. The Bertz CT molecular complexity index is 1200. The maximum absolute atomic E-state index is 13.3. The third-order valence-electron chi connectivity index (χ3n) is 5.44. The largest absolute Gasteiger partial charge is 0.497 e. The van der Waals surface area contributed by atoms with Gasteiger partial charge in [-0.05, 0) is 12.1 Å². The molecule has 2 heterocycles. The molecular weight excluding hydrogens is 438 g/mol. The van der Waals surface area contributed by atoms with Crippen LogP contribution in [0.3, 0.4) is 0 Å². The Labute approximate surface area is 197 Å². The summed E-state index contributed by atoms with van der Waals surface area (Å²) in [5.41, 5.74) is 3.66. The van der Waals surface area contributed by atoms with E-state index in [4.69, 9.17) is 19.2 Å². The number of hydrogen-bond acceptors (Lipinski definition) is 6. The summed E-state index contributed by atoms with van der Waals surface area (Å²) in [6.07, 6.45) is 2.76. The SMILES string of the molecule is COCCN(CCc1csc2nc(-c3ccccc3)cn12)C(=O)c1cc(OC)cc(OC)c1. The number of ether oxygens (including phenoxy) is 3. The van der Waals surface area contributed by atoms with Crippen LogP contribution in [0.2, 0.25) is 0 Å². The summed E-state index contributed by atoms with van der Waals surface area (Å²) in [6.45, 7) is 1.49. The lowest BCUT2D eigenvalue weighted by atomic mass is 10.1. The van der Waals surface area contributed by atoms with Crippen molar-refractivity contribution < 1.29 is 19.0 Å². The van der Waals surface area contributed by atoms with Crippen molar-refractivity contribution in [3.63, 3.8) is 0 Å². The van der Waals surface area contributed by atoms with E-state index < -0.39 is 0 Å². The van der Waals surface area contributed by atoms with Crippen LogP contribution in [0.4, 0.5) is 0 Å². The van der Waals surface area contributed by atoms with Crippen LogP contribution in [0.15, 0.2) is 60.1 Å². The fraction of sp³-hybridized carbons (Fsp3) is 0.280. The van der Waals surface area contributed by atoms with E-state index in [9.17, 15) is 4.79 Å². The van der Waals surface area contributed by atoms with Crippen LogP contribution >= 0.6 is 11.3 Å². The zero-order valence-corrected chi connectivity index (χ0v) is 19.8. The number of fused-ring (bicyclic) bond motifs is 1. The van der Waals surface area contributed by atoms with Gasteiger partial charge in [0.25, 0.3) is 5.91 Å². The number of carbonyl (C=O) groups excluding carboxylic acids is 1. The minimum atomic E-state index is -0.0914. The van der Waals surface area contributed by atoms with Crippen LogP contribution in [0.1, 0.15) is 16.1 Å². The van der Waals surface area contributed by atoms with Gasteiger partial charge in [-0.1, -0.05) is 30.3 Å². The zero-order chi connectivity index (χ0) is 23.2. The predicted octanol–water partition coefficient (Wildman–Crippen LogP) is 4.41. The molecule has 2 aromatic carbocycles. The minimum absolute atomic E-state index is 0.0914. The number of rotatable bonds is 10. The first-order chi connectivity index (χ1) is 16.1. The van der Waals surface area contributed by atoms with Gasteiger partial charge < -0.3 is 19.1 Å². The highest BCUT2D eigenvalue weighted by Gasteiger charge is 2.19. The van der Waals surface area contributed by atoms with E-state index in [2.05, 4.69) is 28.1 Å². The third-order valence-corrected chi connectivity index (χ3v) is 6.33. The number of hydrogen-bond donors (Lipinski definition) is 0. The molecule has 4 aromatic rings. The molecule has 7 nitrogen and oxygen atoms in total. The lowest BCUT2D eigenvalue weighted by molar-refractivity contribution is 0.0696. The molecule has 0 aliphatic rings. The highest BCUT2D eigenvalue weighted by atomic mass is 32.1. The van der Waals surface area contributed by atoms with E-state index >= 15 is 0 Å². The molecule has 33 heavy (non-hydrogen) atoms. The second-order valence-electron chi connectivity index (χ2n) is 7.51. The van der Waals surface area contributed by atoms with E-state index in [1.807, 2.05) is 18.2 Å². The fourth-order valence-corrected chi connectivity index (χ4v) is 4.54. The normalized spacial score (nSPS) is 11.0. The molecule has 0 radical (unpaired) electrons. The maximum atomic E-state index is 13.3. The lowest BCUT2D eigenvalue weighted by Crippen LogP contribution is -2.35. The first-order valence-corrected chi connectivity index (χ1v) is 11.5. The first-order valence-electron chi connectivity index (χ1n) is 10.6. The first kappa shape index (κ1) is 22.8. The van der Waals surface area contributed by atoms with Gasteiger partial charge in [0.1, 0.15) is 11.5 Å². The monoisotopic (exact) mass is 465 g/mol.